The Balaban J connectivity index is 1.68. The molecule has 0 aliphatic carbocycles. The van der Waals surface area contributed by atoms with Crippen molar-refractivity contribution in [2.24, 2.45) is 0 Å². The van der Waals surface area contributed by atoms with E-state index < -0.39 is 0 Å². The van der Waals surface area contributed by atoms with Crippen molar-refractivity contribution < 1.29 is 61.9 Å². The molecule has 1 aromatic rings. The summed E-state index contributed by atoms with van der Waals surface area (Å²) < 4.78 is 65.7. The van der Waals surface area contributed by atoms with E-state index in [2.05, 4.69) is 19.1 Å². The van der Waals surface area contributed by atoms with Crippen LogP contribution in [-0.4, -0.2) is 164 Å². The van der Waals surface area contributed by atoms with Gasteiger partial charge < -0.3 is 61.9 Å². The van der Waals surface area contributed by atoms with Gasteiger partial charge in [-0.2, -0.15) is 0 Å². The summed E-state index contributed by atoms with van der Waals surface area (Å²) in [6, 6.07) is 8.43. The van der Waals surface area contributed by atoms with Crippen LogP contribution in [0.4, 0.5) is 0 Å². The average molecular weight is 735 g/mol. The number of ether oxygens (including phenoxy) is 12. The zero-order chi connectivity index (χ0) is 36.4. The van der Waals surface area contributed by atoms with E-state index in [0.29, 0.717) is 152 Å². The van der Waals surface area contributed by atoms with Crippen LogP contribution < -0.4 is 4.74 Å². The SMILES string of the molecule is CCCCCCCCc1ccc(OCCOCCOCCOCCOCCOCCOCCOCCOCCOCCOCCOCCO)cc1. The number of unbranched alkanes of at least 4 members (excludes halogenated alkanes) is 5. The summed E-state index contributed by atoms with van der Waals surface area (Å²) in [5.74, 6) is 0.883. The maximum absolute atomic E-state index is 8.59. The third kappa shape index (κ3) is 36.7. The van der Waals surface area contributed by atoms with Crippen molar-refractivity contribution in [1.29, 1.82) is 0 Å². The maximum Gasteiger partial charge on any atom is 0.119 e. The lowest BCUT2D eigenvalue weighted by Crippen LogP contribution is -2.15. The molecule has 0 spiro atoms. The lowest BCUT2D eigenvalue weighted by molar-refractivity contribution is -0.0280. The van der Waals surface area contributed by atoms with Crippen LogP contribution in [0.1, 0.15) is 51.0 Å². The smallest absolute Gasteiger partial charge is 0.119 e. The molecule has 0 saturated heterocycles. The van der Waals surface area contributed by atoms with Gasteiger partial charge in [-0.15, -0.1) is 0 Å². The molecule has 0 aromatic heterocycles. The van der Waals surface area contributed by atoms with E-state index in [0.717, 1.165) is 12.2 Å². The molecule has 13 nitrogen and oxygen atoms in total. The highest BCUT2D eigenvalue weighted by Crippen LogP contribution is 2.15. The number of hydrogen-bond acceptors (Lipinski definition) is 13. The molecule has 0 atom stereocenters. The van der Waals surface area contributed by atoms with Crippen molar-refractivity contribution >= 4 is 0 Å². The summed E-state index contributed by atoms with van der Waals surface area (Å²) in [5, 5.41) is 8.59. The topological polar surface area (TPSA) is 131 Å². The van der Waals surface area contributed by atoms with E-state index in [1.165, 1.54) is 44.1 Å². The van der Waals surface area contributed by atoms with Crippen LogP contribution in [0.2, 0.25) is 0 Å². The zero-order valence-electron chi connectivity index (χ0n) is 31.6. The Morgan fingerprint density at radius 3 is 0.980 bits per heavy atom. The monoisotopic (exact) mass is 734 g/mol. The standard InChI is InChI=1S/C38H70O13/c1-2-3-4-5-6-7-8-37-9-11-38(12-10-37)51-36-35-50-34-33-49-32-31-48-30-29-47-28-27-46-26-25-45-24-23-44-22-21-43-20-19-42-18-17-41-16-15-40-14-13-39/h9-12,39H,2-8,13-36H2,1H3. The molecule has 0 fully saturated rings. The van der Waals surface area contributed by atoms with Gasteiger partial charge >= 0.3 is 0 Å². The van der Waals surface area contributed by atoms with Gasteiger partial charge in [0.25, 0.3) is 0 Å². The normalized spacial score (nSPS) is 11.5. The molecule has 0 amide bonds. The minimum atomic E-state index is 0.0254. The lowest BCUT2D eigenvalue weighted by Gasteiger charge is -2.09. The highest BCUT2D eigenvalue weighted by Gasteiger charge is 1.99. The van der Waals surface area contributed by atoms with Crippen LogP contribution >= 0.6 is 0 Å². The van der Waals surface area contributed by atoms with E-state index in [9.17, 15) is 0 Å². The Labute approximate surface area is 307 Å². The first-order valence-corrected chi connectivity index (χ1v) is 19.0. The minimum absolute atomic E-state index is 0.0254. The zero-order valence-corrected chi connectivity index (χ0v) is 31.6. The van der Waals surface area contributed by atoms with Crippen LogP contribution in [0.5, 0.6) is 5.75 Å². The number of hydrogen-bond donors (Lipinski definition) is 1. The van der Waals surface area contributed by atoms with Gasteiger partial charge in [-0.25, -0.2) is 0 Å². The molecule has 0 radical (unpaired) electrons. The van der Waals surface area contributed by atoms with Gasteiger partial charge in [-0.05, 0) is 30.5 Å². The molecule has 0 heterocycles. The summed E-state index contributed by atoms with van der Waals surface area (Å²) >= 11 is 0. The largest absolute Gasteiger partial charge is 0.491 e. The van der Waals surface area contributed by atoms with Gasteiger partial charge in [-0.1, -0.05) is 51.2 Å². The Morgan fingerprint density at radius 2 is 0.647 bits per heavy atom. The quantitative estimate of drug-likeness (QED) is 0.0966. The molecule has 1 N–H and O–H groups in total. The number of benzene rings is 1. The summed E-state index contributed by atoms with van der Waals surface area (Å²) in [6.45, 7) is 13.8. The van der Waals surface area contributed by atoms with Gasteiger partial charge in [-0.3, -0.25) is 0 Å². The predicted molar refractivity (Wildman–Crippen MR) is 195 cm³/mol. The number of aryl methyl sites for hydroxylation is 1. The summed E-state index contributed by atoms with van der Waals surface area (Å²) in [6.07, 6.45) is 9.08. The van der Waals surface area contributed by atoms with Crippen LogP contribution in [0.25, 0.3) is 0 Å². The summed E-state index contributed by atoms with van der Waals surface area (Å²) in [5.41, 5.74) is 1.38. The molecule has 1 aromatic carbocycles. The first kappa shape index (κ1) is 47.6. The molecule has 51 heavy (non-hydrogen) atoms. The molecule has 300 valence electrons. The fourth-order valence-electron chi connectivity index (χ4n) is 4.45. The predicted octanol–water partition coefficient (Wildman–Crippen LogP) is 4.14. The van der Waals surface area contributed by atoms with Crippen molar-refractivity contribution in [1.82, 2.24) is 0 Å². The van der Waals surface area contributed by atoms with Gasteiger partial charge in [0.05, 0.1) is 152 Å². The van der Waals surface area contributed by atoms with Crippen molar-refractivity contribution in [3.05, 3.63) is 29.8 Å². The number of aliphatic hydroxyl groups is 1. The third-order valence-corrected chi connectivity index (χ3v) is 7.19. The summed E-state index contributed by atoms with van der Waals surface area (Å²) in [4.78, 5) is 0. The summed E-state index contributed by atoms with van der Waals surface area (Å²) in [7, 11) is 0. The molecule has 0 aliphatic rings. The minimum Gasteiger partial charge on any atom is -0.491 e. The fraction of sp³-hybridized carbons (Fsp3) is 0.842. The van der Waals surface area contributed by atoms with Crippen molar-refractivity contribution in [3.8, 4) is 5.75 Å². The van der Waals surface area contributed by atoms with Crippen LogP contribution in [-0.2, 0) is 58.5 Å². The lowest BCUT2D eigenvalue weighted by atomic mass is 10.0. The third-order valence-electron chi connectivity index (χ3n) is 7.19. The highest BCUT2D eigenvalue weighted by molar-refractivity contribution is 5.27. The van der Waals surface area contributed by atoms with Crippen LogP contribution in [0, 0.1) is 0 Å². The van der Waals surface area contributed by atoms with Crippen LogP contribution in [0.3, 0.4) is 0 Å². The highest BCUT2D eigenvalue weighted by atomic mass is 16.6. The molecule has 1 rings (SSSR count). The fourth-order valence-corrected chi connectivity index (χ4v) is 4.45. The Kier molecular flexibility index (Phi) is 38.5. The van der Waals surface area contributed by atoms with Gasteiger partial charge in [0, 0.05) is 0 Å². The molecular formula is C38H70O13. The first-order chi connectivity index (χ1) is 25.4. The Bertz CT molecular complexity index is 788. The van der Waals surface area contributed by atoms with E-state index in [1.807, 2.05) is 12.1 Å². The van der Waals surface area contributed by atoms with E-state index in [1.54, 1.807) is 0 Å². The van der Waals surface area contributed by atoms with E-state index in [-0.39, 0.29) is 6.61 Å². The van der Waals surface area contributed by atoms with Gasteiger partial charge in [0.2, 0.25) is 0 Å². The molecule has 13 heteroatoms. The molecule has 0 saturated carbocycles. The molecular weight excluding hydrogens is 664 g/mol. The van der Waals surface area contributed by atoms with Gasteiger partial charge in [0.15, 0.2) is 0 Å². The number of rotatable bonds is 43. The van der Waals surface area contributed by atoms with E-state index >= 15 is 0 Å². The first-order valence-electron chi connectivity index (χ1n) is 19.0. The maximum atomic E-state index is 8.59. The molecule has 0 bridgehead atoms. The molecule has 0 aliphatic heterocycles. The Hall–Kier alpha value is -1.46. The van der Waals surface area contributed by atoms with Crippen molar-refractivity contribution in [2.75, 3.05) is 159 Å². The second kappa shape index (κ2) is 41.3. The van der Waals surface area contributed by atoms with Crippen molar-refractivity contribution in [2.45, 2.75) is 51.9 Å². The molecule has 0 unspecified atom stereocenters. The van der Waals surface area contributed by atoms with Gasteiger partial charge in [0.1, 0.15) is 12.4 Å². The Morgan fingerprint density at radius 1 is 0.353 bits per heavy atom. The van der Waals surface area contributed by atoms with Crippen molar-refractivity contribution in [3.63, 3.8) is 0 Å². The van der Waals surface area contributed by atoms with Crippen LogP contribution in [0.15, 0.2) is 24.3 Å². The second-order valence-corrected chi connectivity index (χ2v) is 11.5. The second-order valence-electron chi connectivity index (χ2n) is 11.5. The average Bonchev–Trinajstić information content (AvgIpc) is 3.15. The number of aliphatic hydroxyl groups excluding tert-OH is 1. The van der Waals surface area contributed by atoms with E-state index in [4.69, 9.17) is 61.9 Å².